The van der Waals surface area contributed by atoms with E-state index >= 15 is 0 Å². The van der Waals surface area contributed by atoms with Crippen LogP contribution in [0, 0.1) is 35.5 Å². The molecule has 4 aliphatic rings. The molecule has 402 valence electrons. The summed E-state index contributed by atoms with van der Waals surface area (Å²) in [7, 11) is 1.21. The minimum atomic E-state index is -3.32. The standard InChI is InChI=1S/C54H86NO15P/c1-13-67-71(12,63)70-44-25-23-40(30-47(44)65-10)29-36(5)46-32-43(56)35(4)28-38(7)49(58)50(66-11)48(57)37(6)27-33(2)19-15-14-16-20-34(3)45(64-9)31-41-24-22-39(8)54(62,69-41)51(59)52(60)55-26-18-17-21-42(55)53(61)68-46/h14-16,19-20,28,33,36-42,44-47,49-50,58,62H,13,17-18,21-27,29-32H2,1-12H3/t33-,36-,37-,38?,39-,40+,41+,42?,44-,45+,46+,47-,49-,50+,54-,71?/m1/s1. The van der Waals surface area contributed by atoms with Crippen LogP contribution in [-0.2, 0) is 61.3 Å². The molecule has 0 aromatic heterocycles. The average molecular weight is 1020 g/mol. The molecule has 1 saturated carbocycles. The van der Waals surface area contributed by atoms with Crippen molar-refractivity contribution in [1.29, 1.82) is 0 Å². The summed E-state index contributed by atoms with van der Waals surface area (Å²) in [4.78, 5) is 72.3. The zero-order valence-electron chi connectivity index (χ0n) is 44.5. The van der Waals surface area contributed by atoms with Crippen LogP contribution in [-0.4, -0.2) is 140 Å². The van der Waals surface area contributed by atoms with E-state index in [-0.39, 0.29) is 49.4 Å². The summed E-state index contributed by atoms with van der Waals surface area (Å²) in [6, 6.07) is -1.17. The molecule has 1 amide bonds. The Morgan fingerprint density at radius 1 is 0.887 bits per heavy atom. The molecule has 0 radical (unpaired) electrons. The monoisotopic (exact) mass is 1020 g/mol. The number of ketones is 3. The highest BCUT2D eigenvalue weighted by Crippen LogP contribution is 2.48. The van der Waals surface area contributed by atoms with Gasteiger partial charge >= 0.3 is 13.6 Å². The van der Waals surface area contributed by atoms with Gasteiger partial charge in [0.1, 0.15) is 18.2 Å². The molecular formula is C54H86NO15P. The zero-order chi connectivity index (χ0) is 52.8. The molecule has 2 N–H and O–H groups in total. The van der Waals surface area contributed by atoms with Gasteiger partial charge in [0.25, 0.3) is 11.7 Å². The number of hydrogen-bond donors (Lipinski definition) is 2. The van der Waals surface area contributed by atoms with Crippen molar-refractivity contribution in [3.05, 3.63) is 47.6 Å². The summed E-state index contributed by atoms with van der Waals surface area (Å²) in [6.07, 6.45) is 10.9. The number of hydrogen-bond acceptors (Lipinski definition) is 15. The summed E-state index contributed by atoms with van der Waals surface area (Å²) in [6.45, 7) is 16.1. The number of Topliss-reactive ketones (excluding diaryl/α,β-unsaturated/α-hetero) is 3. The molecule has 0 aromatic carbocycles. The second-order valence-electron chi connectivity index (χ2n) is 20.9. The normalized spacial score (nSPS) is 36.6. The molecule has 3 aliphatic heterocycles. The summed E-state index contributed by atoms with van der Waals surface area (Å²) in [5.41, 5.74) is 1.17. The number of aliphatic hydroxyl groups excluding tert-OH is 1. The number of amides is 1. The third kappa shape index (κ3) is 16.7. The quantitative estimate of drug-likeness (QED) is 0.120. The Morgan fingerprint density at radius 3 is 2.27 bits per heavy atom. The van der Waals surface area contributed by atoms with E-state index in [1.54, 1.807) is 48.0 Å². The number of allylic oxidation sites excluding steroid dienone is 6. The lowest BCUT2D eigenvalue weighted by atomic mass is 9.78. The zero-order valence-corrected chi connectivity index (χ0v) is 45.4. The van der Waals surface area contributed by atoms with Crippen LogP contribution in [0.2, 0.25) is 0 Å². The number of fused-ring (bicyclic) bond motifs is 3. The Kier molecular flexibility index (Phi) is 23.7. The number of carbonyl (C=O) groups is 5. The van der Waals surface area contributed by atoms with Gasteiger partial charge in [-0.05, 0) is 114 Å². The molecule has 3 unspecified atom stereocenters. The van der Waals surface area contributed by atoms with E-state index in [0.29, 0.717) is 69.8 Å². The van der Waals surface area contributed by atoms with Gasteiger partial charge in [-0.15, -0.1) is 0 Å². The molecule has 0 aromatic rings. The van der Waals surface area contributed by atoms with Gasteiger partial charge in [-0.1, -0.05) is 71.1 Å². The van der Waals surface area contributed by atoms with E-state index in [1.807, 2.05) is 58.1 Å². The first-order valence-electron chi connectivity index (χ1n) is 25.9. The number of methoxy groups -OCH3 is 3. The van der Waals surface area contributed by atoms with Crippen LogP contribution in [0.15, 0.2) is 47.6 Å². The van der Waals surface area contributed by atoms with Crippen LogP contribution >= 0.6 is 7.60 Å². The van der Waals surface area contributed by atoms with Crippen molar-refractivity contribution < 1.29 is 71.5 Å². The summed E-state index contributed by atoms with van der Waals surface area (Å²) in [5.74, 6) is -8.22. The van der Waals surface area contributed by atoms with E-state index in [1.165, 1.54) is 18.7 Å². The maximum atomic E-state index is 14.5. The molecular weight excluding hydrogens is 934 g/mol. The van der Waals surface area contributed by atoms with Crippen molar-refractivity contribution in [2.24, 2.45) is 35.5 Å². The Morgan fingerprint density at radius 2 is 1.61 bits per heavy atom. The molecule has 17 heteroatoms. The van der Waals surface area contributed by atoms with Crippen molar-refractivity contribution in [2.45, 2.75) is 187 Å². The highest BCUT2D eigenvalue weighted by atomic mass is 31.2. The van der Waals surface area contributed by atoms with Crippen LogP contribution in [0.5, 0.6) is 0 Å². The lowest BCUT2D eigenvalue weighted by molar-refractivity contribution is -0.265. The minimum absolute atomic E-state index is 0.00936. The molecule has 71 heavy (non-hydrogen) atoms. The van der Waals surface area contributed by atoms with Crippen molar-refractivity contribution in [3.63, 3.8) is 0 Å². The fourth-order valence-corrected chi connectivity index (χ4v) is 12.0. The van der Waals surface area contributed by atoms with Crippen LogP contribution in [0.25, 0.3) is 0 Å². The Labute approximate surface area is 423 Å². The number of rotatable bonds is 10. The predicted molar refractivity (Wildman–Crippen MR) is 269 cm³/mol. The molecule has 3 fully saturated rings. The van der Waals surface area contributed by atoms with Gasteiger partial charge in [0.05, 0.1) is 37.1 Å². The average Bonchev–Trinajstić information content (AvgIpc) is 3.33. The van der Waals surface area contributed by atoms with E-state index in [2.05, 4.69) is 0 Å². The van der Waals surface area contributed by atoms with Gasteiger partial charge in [0.2, 0.25) is 5.79 Å². The van der Waals surface area contributed by atoms with Crippen LogP contribution in [0.3, 0.4) is 0 Å². The fourth-order valence-electron chi connectivity index (χ4n) is 10.8. The smallest absolute Gasteiger partial charge is 0.329 e. The van der Waals surface area contributed by atoms with Crippen LogP contribution in [0.1, 0.15) is 132 Å². The number of ether oxygens (including phenoxy) is 5. The molecule has 4 rings (SSSR count). The maximum absolute atomic E-state index is 14.5. The predicted octanol–water partition coefficient (Wildman–Crippen LogP) is 8.06. The number of carbonyl (C=O) groups excluding carboxylic acids is 5. The molecule has 3 heterocycles. The van der Waals surface area contributed by atoms with Crippen LogP contribution in [0.4, 0.5) is 0 Å². The topological polar surface area (TPSA) is 211 Å². The largest absolute Gasteiger partial charge is 0.460 e. The van der Waals surface area contributed by atoms with E-state index in [9.17, 15) is 38.8 Å². The van der Waals surface area contributed by atoms with Gasteiger partial charge < -0.3 is 47.8 Å². The lowest BCUT2D eigenvalue weighted by Crippen LogP contribution is -2.61. The SMILES string of the molecule is CCOP(C)(=O)O[C@@H]1CC[C@@H](C[C@@H](C)[C@@H]2CC(=O)C(C)=CC(C)[C@@H](O)[C@@H](OC)C(=O)[C@H](C)C[C@H](C)C=CC=CC=C(C)[C@@H](OC)C[C@@H]3CC[C@@H](C)[C@@](O)(O3)C(=O)C(=O)N3CCCCC3C(=O)O2)C[C@H]1OC. The van der Waals surface area contributed by atoms with Gasteiger partial charge in [0, 0.05) is 65.1 Å². The highest BCUT2D eigenvalue weighted by Gasteiger charge is 2.53. The number of nitrogens with zero attached hydrogens (tertiary/aromatic N) is 1. The number of esters is 1. The van der Waals surface area contributed by atoms with Gasteiger partial charge in [0.15, 0.2) is 11.6 Å². The lowest BCUT2D eigenvalue weighted by Gasteiger charge is -2.42. The number of cyclic esters (lactones) is 1. The second-order valence-corrected chi connectivity index (χ2v) is 22.9. The fraction of sp³-hybridized carbons (Fsp3) is 0.759. The number of aliphatic hydroxyl groups is 2. The highest BCUT2D eigenvalue weighted by molar-refractivity contribution is 7.53. The van der Waals surface area contributed by atoms with E-state index < -0.39 is 103 Å². The third-order valence-corrected chi connectivity index (χ3v) is 16.5. The molecule has 16 atom stereocenters. The first-order valence-corrected chi connectivity index (χ1v) is 27.9. The summed E-state index contributed by atoms with van der Waals surface area (Å²) >= 11 is 0. The molecule has 2 saturated heterocycles. The Hall–Kier alpha value is -3.18. The van der Waals surface area contributed by atoms with Crippen LogP contribution < -0.4 is 0 Å². The first kappa shape index (κ1) is 60.4. The van der Waals surface area contributed by atoms with Gasteiger partial charge in [-0.2, -0.15) is 0 Å². The number of piperidine rings is 1. The van der Waals surface area contributed by atoms with Crippen molar-refractivity contribution in [2.75, 3.05) is 41.1 Å². The van der Waals surface area contributed by atoms with Gasteiger partial charge in [-0.25, -0.2) is 4.79 Å². The molecule has 0 spiro atoms. The van der Waals surface area contributed by atoms with Gasteiger partial charge in [-0.3, -0.25) is 23.7 Å². The maximum Gasteiger partial charge on any atom is 0.329 e. The minimum Gasteiger partial charge on any atom is -0.460 e. The Balaban J connectivity index is 1.70. The molecule has 1 aliphatic carbocycles. The molecule has 16 nitrogen and oxygen atoms in total. The van der Waals surface area contributed by atoms with Crippen molar-refractivity contribution >= 4 is 36.8 Å². The first-order chi connectivity index (χ1) is 33.5. The van der Waals surface area contributed by atoms with Crippen molar-refractivity contribution in [1.82, 2.24) is 4.90 Å². The second kappa shape index (κ2) is 27.9. The Bertz CT molecular complexity index is 1980. The van der Waals surface area contributed by atoms with E-state index in [4.69, 9.17) is 32.7 Å². The van der Waals surface area contributed by atoms with Crippen molar-refractivity contribution in [3.8, 4) is 0 Å². The third-order valence-electron chi connectivity index (χ3n) is 15.2. The molecule has 2 bridgehead atoms. The summed E-state index contributed by atoms with van der Waals surface area (Å²) in [5, 5.41) is 23.5. The van der Waals surface area contributed by atoms with E-state index in [0.717, 1.165) is 5.57 Å². The summed E-state index contributed by atoms with van der Waals surface area (Å²) < 4.78 is 54.0.